The molecule has 7 heteroatoms. The molecule has 1 aromatic heterocycles. The molecule has 0 bridgehead atoms. The van der Waals surface area contributed by atoms with Gasteiger partial charge in [-0.15, -0.1) is 0 Å². The van der Waals surface area contributed by atoms with Crippen LogP contribution in [0.3, 0.4) is 0 Å². The smallest absolute Gasteiger partial charge is 0.335 e. The molecule has 0 radical (unpaired) electrons. The molecule has 2 heterocycles. The van der Waals surface area contributed by atoms with Gasteiger partial charge in [0.1, 0.15) is 18.1 Å². The average Bonchev–Trinajstić information content (AvgIpc) is 3.29. The highest BCUT2D eigenvalue weighted by molar-refractivity contribution is 6.01. The quantitative estimate of drug-likeness (QED) is 0.649. The zero-order valence-corrected chi connectivity index (χ0v) is 15.4. The molecule has 29 heavy (non-hydrogen) atoms. The van der Waals surface area contributed by atoms with Gasteiger partial charge in [-0.3, -0.25) is 9.69 Å². The van der Waals surface area contributed by atoms with Crippen molar-refractivity contribution in [2.24, 2.45) is 0 Å². The molecule has 1 fully saturated rings. The maximum Gasteiger partial charge on any atom is 0.335 e. The number of carbonyl (C=O) groups excluding carboxylic acids is 2. The van der Waals surface area contributed by atoms with Gasteiger partial charge in [-0.25, -0.2) is 9.59 Å². The first-order chi connectivity index (χ1) is 14.0. The van der Waals surface area contributed by atoms with Gasteiger partial charge in [-0.1, -0.05) is 42.5 Å². The number of carboxylic acid groups (broad SMARTS) is 1. The number of urea groups is 1. The molecule has 0 spiro atoms. The van der Waals surface area contributed by atoms with Crippen molar-refractivity contribution in [3.05, 3.63) is 83.6 Å². The largest absolute Gasteiger partial charge is 0.478 e. The minimum atomic E-state index is -0.992. The van der Waals surface area contributed by atoms with Gasteiger partial charge in [-0.05, 0) is 29.8 Å². The van der Waals surface area contributed by atoms with Gasteiger partial charge in [0.05, 0.1) is 18.7 Å². The molecule has 2 aromatic carbocycles. The van der Waals surface area contributed by atoms with Gasteiger partial charge in [0.25, 0.3) is 5.91 Å². The Morgan fingerprint density at radius 3 is 2.34 bits per heavy atom. The molecular weight excluding hydrogens is 372 g/mol. The monoisotopic (exact) mass is 390 g/mol. The lowest BCUT2D eigenvalue weighted by Crippen LogP contribution is -2.32. The summed E-state index contributed by atoms with van der Waals surface area (Å²) in [4.78, 5) is 38.6. The van der Waals surface area contributed by atoms with Crippen molar-refractivity contribution in [2.75, 3.05) is 6.54 Å². The van der Waals surface area contributed by atoms with Crippen LogP contribution in [0.4, 0.5) is 4.79 Å². The zero-order valence-electron chi connectivity index (χ0n) is 15.4. The molecule has 146 valence electrons. The maximum atomic E-state index is 12.6. The summed E-state index contributed by atoms with van der Waals surface area (Å²) in [6, 6.07) is 18.9. The predicted octanol–water partition coefficient (Wildman–Crippen LogP) is 3.61. The Kier molecular flexibility index (Phi) is 4.87. The second-order valence-corrected chi connectivity index (χ2v) is 6.75. The number of hydrogen-bond donors (Lipinski definition) is 1. The van der Waals surface area contributed by atoms with Gasteiger partial charge in [0.15, 0.2) is 0 Å². The standard InChI is InChI=1S/C22H18N2O5/c25-20-14-23(22(28)24(20)12-15-4-2-1-3-5-15)13-18-10-11-19(29-18)16-6-8-17(9-7-16)21(26)27/h1-11H,12-14H2,(H,26,27). The summed E-state index contributed by atoms with van der Waals surface area (Å²) < 4.78 is 5.80. The first kappa shape index (κ1) is 18.5. The third-order valence-electron chi connectivity index (χ3n) is 4.74. The number of amides is 3. The van der Waals surface area contributed by atoms with Crippen LogP contribution in [0.2, 0.25) is 0 Å². The van der Waals surface area contributed by atoms with E-state index in [2.05, 4.69) is 0 Å². The number of hydrogen-bond acceptors (Lipinski definition) is 4. The summed E-state index contributed by atoms with van der Waals surface area (Å²) in [6.45, 7) is 0.437. The number of carbonyl (C=O) groups is 3. The third kappa shape index (κ3) is 3.89. The van der Waals surface area contributed by atoms with Crippen molar-refractivity contribution in [3.63, 3.8) is 0 Å². The van der Waals surface area contributed by atoms with Gasteiger partial charge in [-0.2, -0.15) is 0 Å². The van der Waals surface area contributed by atoms with Crippen molar-refractivity contribution in [1.82, 2.24) is 9.80 Å². The van der Waals surface area contributed by atoms with Gasteiger partial charge < -0.3 is 14.4 Å². The number of furan rings is 1. The fourth-order valence-corrected chi connectivity index (χ4v) is 3.22. The van der Waals surface area contributed by atoms with Gasteiger partial charge in [0.2, 0.25) is 0 Å². The molecular formula is C22H18N2O5. The highest BCUT2D eigenvalue weighted by Gasteiger charge is 2.36. The summed E-state index contributed by atoms with van der Waals surface area (Å²) in [6.07, 6.45) is 0. The van der Waals surface area contributed by atoms with E-state index in [0.29, 0.717) is 11.5 Å². The van der Waals surface area contributed by atoms with E-state index in [4.69, 9.17) is 9.52 Å². The Balaban J connectivity index is 1.44. The van der Waals surface area contributed by atoms with Crippen LogP contribution in [0.15, 0.2) is 71.1 Å². The van der Waals surface area contributed by atoms with E-state index in [1.54, 1.807) is 24.3 Å². The number of benzene rings is 2. The van der Waals surface area contributed by atoms with Crippen LogP contribution in [0.25, 0.3) is 11.3 Å². The van der Waals surface area contributed by atoms with Crippen LogP contribution < -0.4 is 0 Å². The van der Waals surface area contributed by atoms with Crippen molar-refractivity contribution >= 4 is 17.9 Å². The highest BCUT2D eigenvalue weighted by atomic mass is 16.4. The molecule has 7 nitrogen and oxygen atoms in total. The molecule has 3 aromatic rings. The zero-order chi connectivity index (χ0) is 20.4. The minimum Gasteiger partial charge on any atom is -0.478 e. The molecule has 1 aliphatic rings. The Morgan fingerprint density at radius 1 is 0.931 bits per heavy atom. The number of carboxylic acids is 1. The highest BCUT2D eigenvalue weighted by Crippen LogP contribution is 2.25. The Labute approximate surface area is 166 Å². The second-order valence-electron chi connectivity index (χ2n) is 6.75. The van der Waals surface area contributed by atoms with Crippen molar-refractivity contribution in [2.45, 2.75) is 13.1 Å². The van der Waals surface area contributed by atoms with E-state index in [9.17, 15) is 14.4 Å². The summed E-state index contributed by atoms with van der Waals surface area (Å²) in [5.41, 5.74) is 1.82. The molecule has 3 amide bonds. The van der Waals surface area contributed by atoms with Gasteiger partial charge >= 0.3 is 12.0 Å². The van der Waals surface area contributed by atoms with Crippen LogP contribution in [-0.4, -0.2) is 39.4 Å². The van der Waals surface area contributed by atoms with Crippen LogP contribution in [0.1, 0.15) is 21.7 Å². The number of nitrogens with zero attached hydrogens (tertiary/aromatic N) is 2. The fraction of sp³-hybridized carbons (Fsp3) is 0.136. The second kappa shape index (κ2) is 7.63. The lowest BCUT2D eigenvalue weighted by molar-refractivity contribution is -0.125. The fourth-order valence-electron chi connectivity index (χ4n) is 3.22. The topological polar surface area (TPSA) is 91.1 Å². The minimum absolute atomic E-state index is 0.00894. The van der Waals surface area contributed by atoms with Crippen LogP contribution >= 0.6 is 0 Å². The molecule has 0 aliphatic carbocycles. The summed E-state index contributed by atoms with van der Waals surface area (Å²) >= 11 is 0. The van der Waals surface area contributed by atoms with Crippen molar-refractivity contribution in [3.8, 4) is 11.3 Å². The van der Waals surface area contributed by atoms with E-state index < -0.39 is 5.97 Å². The normalized spacial score (nSPS) is 13.9. The number of imide groups is 1. The van der Waals surface area contributed by atoms with E-state index in [0.717, 1.165) is 11.1 Å². The van der Waals surface area contributed by atoms with Crippen LogP contribution in [0, 0.1) is 0 Å². The molecule has 0 atom stereocenters. The van der Waals surface area contributed by atoms with E-state index in [1.807, 2.05) is 30.3 Å². The van der Waals surface area contributed by atoms with E-state index in [-0.39, 0.29) is 37.1 Å². The first-order valence-corrected chi connectivity index (χ1v) is 9.07. The van der Waals surface area contributed by atoms with Crippen molar-refractivity contribution in [1.29, 1.82) is 0 Å². The van der Waals surface area contributed by atoms with Gasteiger partial charge in [0, 0.05) is 5.56 Å². The Morgan fingerprint density at radius 2 is 1.66 bits per heavy atom. The maximum absolute atomic E-state index is 12.6. The lowest BCUT2D eigenvalue weighted by Gasteiger charge is -2.16. The number of aromatic carboxylic acids is 1. The van der Waals surface area contributed by atoms with E-state index >= 15 is 0 Å². The van der Waals surface area contributed by atoms with E-state index in [1.165, 1.54) is 21.9 Å². The molecule has 0 unspecified atom stereocenters. The third-order valence-corrected chi connectivity index (χ3v) is 4.74. The lowest BCUT2D eigenvalue weighted by atomic mass is 10.1. The molecule has 1 saturated heterocycles. The van der Waals surface area contributed by atoms with Crippen LogP contribution in [0.5, 0.6) is 0 Å². The predicted molar refractivity (Wildman–Crippen MR) is 104 cm³/mol. The van der Waals surface area contributed by atoms with Crippen LogP contribution in [-0.2, 0) is 17.9 Å². The summed E-state index contributed by atoms with van der Waals surface area (Å²) in [7, 11) is 0. The Hall–Kier alpha value is -3.87. The van der Waals surface area contributed by atoms with Crippen molar-refractivity contribution < 1.29 is 23.9 Å². The molecule has 1 N–H and O–H groups in total. The SMILES string of the molecule is O=C(O)c1ccc(-c2ccc(CN3CC(=O)N(Cc4ccccc4)C3=O)o2)cc1. The number of rotatable bonds is 6. The molecule has 4 rings (SSSR count). The first-order valence-electron chi connectivity index (χ1n) is 9.07. The average molecular weight is 390 g/mol. The summed E-state index contributed by atoms with van der Waals surface area (Å²) in [5, 5.41) is 8.98. The Bertz CT molecular complexity index is 1060. The molecule has 0 saturated carbocycles. The summed E-state index contributed by atoms with van der Waals surface area (Å²) in [5.74, 6) is -0.120. The molecule has 1 aliphatic heterocycles.